The first-order valence-corrected chi connectivity index (χ1v) is 8.16. The summed E-state index contributed by atoms with van der Waals surface area (Å²) >= 11 is 7.38. The van der Waals surface area contributed by atoms with E-state index in [-0.39, 0.29) is 0 Å². The SMILES string of the molecule is CCCCC(CBr)(CBr)Cc1ccccc1. The molecule has 0 aliphatic rings. The van der Waals surface area contributed by atoms with Crippen LogP contribution >= 0.6 is 31.9 Å². The van der Waals surface area contributed by atoms with E-state index in [9.17, 15) is 0 Å². The van der Waals surface area contributed by atoms with Gasteiger partial charge in [0.15, 0.2) is 0 Å². The Morgan fingerprint density at radius 1 is 1.06 bits per heavy atom. The number of halogens is 2. The molecule has 0 atom stereocenters. The van der Waals surface area contributed by atoms with Crippen LogP contribution in [0, 0.1) is 5.41 Å². The maximum absolute atomic E-state index is 3.69. The molecule has 90 valence electrons. The van der Waals surface area contributed by atoms with Crippen molar-refractivity contribution in [2.75, 3.05) is 10.7 Å². The van der Waals surface area contributed by atoms with Gasteiger partial charge in [0.2, 0.25) is 0 Å². The van der Waals surface area contributed by atoms with Crippen molar-refractivity contribution in [1.82, 2.24) is 0 Å². The molecule has 1 aromatic carbocycles. The van der Waals surface area contributed by atoms with Crippen LogP contribution in [0.4, 0.5) is 0 Å². The molecule has 0 aliphatic carbocycles. The van der Waals surface area contributed by atoms with E-state index >= 15 is 0 Å². The van der Waals surface area contributed by atoms with Crippen LogP contribution in [0.25, 0.3) is 0 Å². The summed E-state index contributed by atoms with van der Waals surface area (Å²) in [5.41, 5.74) is 1.81. The van der Waals surface area contributed by atoms with Crippen LogP contribution in [-0.4, -0.2) is 10.7 Å². The molecule has 0 N–H and O–H groups in total. The Hall–Kier alpha value is 0.180. The summed E-state index contributed by atoms with van der Waals surface area (Å²) < 4.78 is 0. The molecule has 0 amide bonds. The van der Waals surface area contributed by atoms with E-state index in [4.69, 9.17) is 0 Å². The zero-order valence-electron chi connectivity index (χ0n) is 9.89. The monoisotopic (exact) mass is 346 g/mol. The molecular formula is C14H20Br2. The fraction of sp³-hybridized carbons (Fsp3) is 0.571. The third-order valence-corrected chi connectivity index (χ3v) is 5.43. The van der Waals surface area contributed by atoms with E-state index in [1.165, 1.54) is 24.8 Å². The second kappa shape index (κ2) is 7.50. The lowest BCUT2D eigenvalue weighted by atomic mass is 9.81. The van der Waals surface area contributed by atoms with Crippen molar-refractivity contribution in [2.24, 2.45) is 5.41 Å². The highest BCUT2D eigenvalue weighted by atomic mass is 79.9. The van der Waals surface area contributed by atoms with Crippen LogP contribution < -0.4 is 0 Å². The molecule has 0 saturated carbocycles. The van der Waals surface area contributed by atoms with Crippen molar-refractivity contribution in [3.8, 4) is 0 Å². The minimum Gasteiger partial charge on any atom is -0.0922 e. The number of hydrogen-bond acceptors (Lipinski definition) is 0. The molecular weight excluding hydrogens is 328 g/mol. The lowest BCUT2D eigenvalue weighted by molar-refractivity contribution is 0.343. The van der Waals surface area contributed by atoms with Crippen LogP contribution in [0.5, 0.6) is 0 Å². The van der Waals surface area contributed by atoms with E-state index in [1.54, 1.807) is 0 Å². The zero-order chi connectivity index (χ0) is 11.9. The summed E-state index contributed by atoms with van der Waals surface area (Å²) in [6.07, 6.45) is 5.03. The summed E-state index contributed by atoms with van der Waals surface area (Å²) in [6.45, 7) is 2.26. The molecule has 0 bridgehead atoms. The van der Waals surface area contributed by atoms with E-state index in [0.29, 0.717) is 5.41 Å². The van der Waals surface area contributed by atoms with E-state index in [0.717, 1.165) is 17.1 Å². The third-order valence-electron chi connectivity index (χ3n) is 3.05. The Balaban J connectivity index is 2.70. The Labute approximate surface area is 116 Å². The minimum absolute atomic E-state index is 0.372. The quantitative estimate of drug-likeness (QED) is 0.595. The lowest BCUT2D eigenvalue weighted by Crippen LogP contribution is -2.27. The van der Waals surface area contributed by atoms with Gasteiger partial charge < -0.3 is 0 Å². The summed E-state index contributed by atoms with van der Waals surface area (Å²) in [7, 11) is 0. The minimum atomic E-state index is 0.372. The Morgan fingerprint density at radius 2 is 1.69 bits per heavy atom. The number of alkyl halides is 2. The fourth-order valence-electron chi connectivity index (χ4n) is 1.93. The van der Waals surface area contributed by atoms with Gasteiger partial charge in [-0.1, -0.05) is 82.0 Å². The summed E-state index contributed by atoms with van der Waals surface area (Å²) in [6, 6.07) is 10.8. The van der Waals surface area contributed by atoms with Crippen LogP contribution in [0.3, 0.4) is 0 Å². The molecule has 0 fully saturated rings. The van der Waals surface area contributed by atoms with Gasteiger partial charge in [-0.05, 0) is 23.8 Å². The van der Waals surface area contributed by atoms with Gasteiger partial charge in [-0.2, -0.15) is 0 Å². The molecule has 0 radical (unpaired) electrons. The van der Waals surface area contributed by atoms with Crippen molar-refractivity contribution in [3.05, 3.63) is 35.9 Å². The van der Waals surface area contributed by atoms with Gasteiger partial charge in [0.25, 0.3) is 0 Å². The van der Waals surface area contributed by atoms with Crippen molar-refractivity contribution < 1.29 is 0 Å². The predicted octanol–water partition coefficient (Wildman–Crippen LogP) is 5.20. The van der Waals surface area contributed by atoms with E-state index < -0.39 is 0 Å². The second-order valence-corrected chi connectivity index (χ2v) is 5.65. The zero-order valence-corrected chi connectivity index (χ0v) is 13.1. The second-order valence-electron chi connectivity index (χ2n) is 4.53. The van der Waals surface area contributed by atoms with E-state index in [2.05, 4.69) is 69.1 Å². The highest BCUT2D eigenvalue weighted by Crippen LogP contribution is 2.33. The Bertz CT molecular complexity index is 278. The largest absolute Gasteiger partial charge is 0.0922 e. The first kappa shape index (κ1) is 14.2. The van der Waals surface area contributed by atoms with Crippen molar-refractivity contribution in [3.63, 3.8) is 0 Å². The number of unbranched alkanes of at least 4 members (excludes halogenated alkanes) is 1. The average molecular weight is 348 g/mol. The van der Waals surface area contributed by atoms with Gasteiger partial charge >= 0.3 is 0 Å². The number of rotatable bonds is 7. The maximum Gasteiger partial charge on any atom is 0.00991 e. The first-order chi connectivity index (χ1) is 7.76. The van der Waals surface area contributed by atoms with Gasteiger partial charge in [-0.3, -0.25) is 0 Å². The molecule has 1 aromatic rings. The van der Waals surface area contributed by atoms with Gasteiger partial charge in [0.05, 0.1) is 0 Å². The van der Waals surface area contributed by atoms with Crippen LogP contribution in [-0.2, 0) is 6.42 Å². The molecule has 0 saturated heterocycles. The molecule has 0 heterocycles. The van der Waals surface area contributed by atoms with Crippen LogP contribution in [0.2, 0.25) is 0 Å². The van der Waals surface area contributed by atoms with Gasteiger partial charge in [0, 0.05) is 10.7 Å². The van der Waals surface area contributed by atoms with Crippen LogP contribution in [0.15, 0.2) is 30.3 Å². The molecule has 0 unspecified atom stereocenters. The first-order valence-electron chi connectivity index (χ1n) is 5.92. The average Bonchev–Trinajstić information content (AvgIpc) is 2.36. The molecule has 2 heteroatoms. The lowest BCUT2D eigenvalue weighted by Gasteiger charge is -2.30. The van der Waals surface area contributed by atoms with Gasteiger partial charge in [-0.15, -0.1) is 0 Å². The fourth-order valence-corrected chi connectivity index (χ4v) is 3.82. The standard InChI is InChI=1S/C14H20Br2/c1-2-3-9-14(11-15,12-16)10-13-7-5-4-6-8-13/h4-8H,2-3,9-12H2,1H3. The summed E-state index contributed by atoms with van der Waals surface area (Å²) in [5, 5.41) is 2.14. The maximum atomic E-state index is 3.69. The molecule has 0 aliphatic heterocycles. The van der Waals surface area contributed by atoms with Gasteiger partial charge in [-0.25, -0.2) is 0 Å². The normalized spacial score (nSPS) is 11.7. The van der Waals surface area contributed by atoms with Crippen molar-refractivity contribution in [1.29, 1.82) is 0 Å². The van der Waals surface area contributed by atoms with Gasteiger partial charge in [0.1, 0.15) is 0 Å². The molecule has 0 aromatic heterocycles. The third kappa shape index (κ3) is 4.21. The van der Waals surface area contributed by atoms with E-state index in [1.807, 2.05) is 0 Å². The Kier molecular flexibility index (Phi) is 6.67. The molecule has 16 heavy (non-hydrogen) atoms. The summed E-state index contributed by atoms with van der Waals surface area (Å²) in [4.78, 5) is 0. The summed E-state index contributed by atoms with van der Waals surface area (Å²) in [5.74, 6) is 0. The topological polar surface area (TPSA) is 0 Å². The predicted molar refractivity (Wildman–Crippen MR) is 79.7 cm³/mol. The smallest absolute Gasteiger partial charge is 0.00991 e. The molecule has 0 spiro atoms. The number of hydrogen-bond donors (Lipinski definition) is 0. The highest BCUT2D eigenvalue weighted by Gasteiger charge is 2.27. The number of benzene rings is 1. The van der Waals surface area contributed by atoms with Crippen molar-refractivity contribution >= 4 is 31.9 Å². The molecule has 1 rings (SSSR count). The highest BCUT2D eigenvalue weighted by molar-refractivity contribution is 9.09. The van der Waals surface area contributed by atoms with Crippen LogP contribution in [0.1, 0.15) is 31.7 Å². The van der Waals surface area contributed by atoms with Crippen molar-refractivity contribution in [2.45, 2.75) is 32.6 Å². The molecule has 0 nitrogen and oxygen atoms in total. The Morgan fingerprint density at radius 3 is 2.19 bits per heavy atom.